The van der Waals surface area contributed by atoms with Gasteiger partial charge in [-0.15, -0.1) is 11.3 Å². The molecule has 3 aromatic rings. The zero-order valence-electron chi connectivity index (χ0n) is 18.6. The molecule has 8 heteroatoms. The van der Waals surface area contributed by atoms with Gasteiger partial charge in [0, 0.05) is 22.9 Å². The zero-order valence-corrected chi connectivity index (χ0v) is 19.4. The molecule has 2 aromatic heterocycles. The van der Waals surface area contributed by atoms with Crippen LogP contribution in [0.4, 0.5) is 5.69 Å². The zero-order chi connectivity index (χ0) is 22.2. The molecule has 0 atom stereocenters. The van der Waals surface area contributed by atoms with Crippen LogP contribution in [-0.4, -0.2) is 36.7 Å². The molecule has 0 saturated carbocycles. The van der Waals surface area contributed by atoms with Crippen molar-refractivity contribution in [1.29, 1.82) is 0 Å². The van der Waals surface area contributed by atoms with E-state index in [0.717, 1.165) is 46.7 Å². The first-order valence-electron chi connectivity index (χ1n) is 10.1. The summed E-state index contributed by atoms with van der Waals surface area (Å²) in [6.45, 7) is 4.22. The number of methoxy groups -OCH3 is 3. The Balaban J connectivity index is 2.20. The lowest BCUT2D eigenvalue weighted by atomic mass is 10.1. The van der Waals surface area contributed by atoms with Crippen molar-refractivity contribution in [1.82, 2.24) is 9.66 Å². The molecule has 0 amide bonds. The number of benzene rings is 1. The summed E-state index contributed by atoms with van der Waals surface area (Å²) in [7, 11) is 4.81. The maximum absolute atomic E-state index is 5.54. The Morgan fingerprint density at radius 1 is 1.13 bits per heavy atom. The lowest BCUT2D eigenvalue weighted by Crippen LogP contribution is -2.13. The SMILES string of the molecule is CCCCC(C)=Nn1c(-c2cc(OC)c(OC)c(OC)c2)csc1=Nc1cccnc1. The minimum absolute atomic E-state index is 0.554. The average Bonchev–Trinajstić information content (AvgIpc) is 3.19. The molecule has 1 aromatic carbocycles. The second kappa shape index (κ2) is 10.8. The van der Waals surface area contributed by atoms with Gasteiger partial charge in [0.2, 0.25) is 10.6 Å². The topological polar surface area (TPSA) is 70.2 Å². The van der Waals surface area contributed by atoms with Gasteiger partial charge in [-0.1, -0.05) is 13.3 Å². The second-order valence-electron chi connectivity index (χ2n) is 6.89. The summed E-state index contributed by atoms with van der Waals surface area (Å²) in [5.41, 5.74) is 3.60. The van der Waals surface area contributed by atoms with E-state index in [9.17, 15) is 0 Å². The highest BCUT2D eigenvalue weighted by Gasteiger charge is 2.17. The van der Waals surface area contributed by atoms with Crippen molar-refractivity contribution >= 4 is 22.7 Å². The van der Waals surface area contributed by atoms with Crippen molar-refractivity contribution in [2.24, 2.45) is 10.1 Å². The lowest BCUT2D eigenvalue weighted by molar-refractivity contribution is 0.324. The average molecular weight is 441 g/mol. The second-order valence-corrected chi connectivity index (χ2v) is 7.73. The molecule has 7 nitrogen and oxygen atoms in total. The number of aromatic nitrogens is 2. The number of unbranched alkanes of at least 4 members (excludes halogenated alkanes) is 1. The first-order valence-corrected chi connectivity index (χ1v) is 11.0. The van der Waals surface area contributed by atoms with Gasteiger partial charge < -0.3 is 14.2 Å². The molecule has 0 spiro atoms. The molecule has 0 saturated heterocycles. The molecule has 0 N–H and O–H groups in total. The largest absolute Gasteiger partial charge is 0.493 e. The molecule has 0 radical (unpaired) electrons. The van der Waals surface area contributed by atoms with Gasteiger partial charge in [0.25, 0.3) is 0 Å². The monoisotopic (exact) mass is 440 g/mol. The molecule has 164 valence electrons. The summed E-state index contributed by atoms with van der Waals surface area (Å²) in [4.78, 5) is 9.68. The van der Waals surface area contributed by atoms with Crippen LogP contribution in [0.15, 0.2) is 52.1 Å². The van der Waals surface area contributed by atoms with Gasteiger partial charge in [-0.3, -0.25) is 4.98 Å². The van der Waals surface area contributed by atoms with Crippen LogP contribution in [0, 0.1) is 0 Å². The van der Waals surface area contributed by atoms with Crippen molar-refractivity contribution in [2.75, 3.05) is 21.3 Å². The van der Waals surface area contributed by atoms with Crippen molar-refractivity contribution < 1.29 is 14.2 Å². The fraction of sp³-hybridized carbons (Fsp3) is 0.348. The summed E-state index contributed by atoms with van der Waals surface area (Å²) >= 11 is 1.52. The van der Waals surface area contributed by atoms with E-state index >= 15 is 0 Å². The van der Waals surface area contributed by atoms with Crippen LogP contribution in [-0.2, 0) is 0 Å². The Morgan fingerprint density at radius 3 is 2.45 bits per heavy atom. The summed E-state index contributed by atoms with van der Waals surface area (Å²) in [6.07, 6.45) is 6.61. The Hall–Kier alpha value is -3.13. The first kappa shape index (κ1) is 22.6. The third kappa shape index (κ3) is 5.32. The van der Waals surface area contributed by atoms with Crippen LogP contribution >= 0.6 is 11.3 Å². The highest BCUT2D eigenvalue weighted by molar-refractivity contribution is 7.07. The minimum Gasteiger partial charge on any atom is -0.493 e. The molecule has 31 heavy (non-hydrogen) atoms. The quantitative estimate of drug-likeness (QED) is 0.424. The number of rotatable bonds is 9. The van der Waals surface area contributed by atoms with Crippen LogP contribution in [0.25, 0.3) is 11.3 Å². The van der Waals surface area contributed by atoms with Crippen LogP contribution in [0.1, 0.15) is 33.1 Å². The number of pyridine rings is 1. The first-order chi connectivity index (χ1) is 15.1. The summed E-state index contributed by atoms with van der Waals surface area (Å²) in [6, 6.07) is 7.63. The molecule has 0 aliphatic heterocycles. The number of hydrogen-bond donors (Lipinski definition) is 0. The van der Waals surface area contributed by atoms with E-state index < -0.39 is 0 Å². The van der Waals surface area contributed by atoms with E-state index in [0.29, 0.717) is 17.2 Å². The van der Waals surface area contributed by atoms with Gasteiger partial charge in [-0.05, 0) is 44.0 Å². The maximum Gasteiger partial charge on any atom is 0.211 e. The van der Waals surface area contributed by atoms with E-state index in [1.54, 1.807) is 33.7 Å². The van der Waals surface area contributed by atoms with E-state index in [4.69, 9.17) is 24.3 Å². The third-order valence-corrected chi connectivity index (χ3v) is 5.50. The van der Waals surface area contributed by atoms with Gasteiger partial charge in [-0.2, -0.15) is 5.10 Å². The van der Waals surface area contributed by atoms with Gasteiger partial charge >= 0.3 is 0 Å². The maximum atomic E-state index is 5.54. The van der Waals surface area contributed by atoms with Crippen molar-refractivity contribution in [3.8, 4) is 28.5 Å². The summed E-state index contributed by atoms with van der Waals surface area (Å²) in [5.74, 6) is 1.73. The molecular weight excluding hydrogens is 412 g/mol. The molecule has 0 aliphatic rings. The Labute approximate surface area is 186 Å². The van der Waals surface area contributed by atoms with E-state index in [1.807, 2.05) is 41.2 Å². The Morgan fingerprint density at radius 2 is 1.87 bits per heavy atom. The van der Waals surface area contributed by atoms with E-state index in [2.05, 4.69) is 11.9 Å². The predicted octanol–water partition coefficient (Wildman–Crippen LogP) is 5.28. The molecule has 3 rings (SSSR count). The minimum atomic E-state index is 0.554. The lowest BCUT2D eigenvalue weighted by Gasteiger charge is -2.14. The van der Waals surface area contributed by atoms with Crippen molar-refractivity contribution in [3.63, 3.8) is 0 Å². The highest BCUT2D eigenvalue weighted by atomic mass is 32.1. The van der Waals surface area contributed by atoms with Gasteiger partial charge in [0.05, 0.1) is 38.9 Å². The normalized spacial score (nSPS) is 12.2. The number of thiazole rings is 1. The third-order valence-electron chi connectivity index (χ3n) is 4.68. The van der Waals surface area contributed by atoms with Crippen molar-refractivity contribution in [3.05, 3.63) is 46.8 Å². The number of ether oxygens (including phenoxy) is 3. The van der Waals surface area contributed by atoms with Gasteiger partial charge in [0.15, 0.2) is 11.5 Å². The molecule has 0 unspecified atom stereocenters. The van der Waals surface area contributed by atoms with E-state index in [-0.39, 0.29) is 0 Å². The highest BCUT2D eigenvalue weighted by Crippen LogP contribution is 2.41. The van der Waals surface area contributed by atoms with Gasteiger partial charge in [0.1, 0.15) is 0 Å². The molecule has 0 fully saturated rings. The number of nitrogens with zero attached hydrogens (tertiary/aromatic N) is 4. The Kier molecular flexibility index (Phi) is 7.83. The van der Waals surface area contributed by atoms with Crippen LogP contribution in [0.5, 0.6) is 17.2 Å². The fourth-order valence-electron chi connectivity index (χ4n) is 3.08. The Bertz CT molecular complexity index is 1080. The molecule has 0 bridgehead atoms. The number of hydrogen-bond acceptors (Lipinski definition) is 7. The molecular formula is C23H28N4O3S. The summed E-state index contributed by atoms with van der Waals surface area (Å²) < 4.78 is 18.4. The van der Waals surface area contributed by atoms with Crippen LogP contribution in [0.3, 0.4) is 0 Å². The summed E-state index contributed by atoms with van der Waals surface area (Å²) in [5, 5.41) is 6.93. The standard InChI is InChI=1S/C23H28N4O3S/c1-6-7-9-16(2)26-27-19(15-31-23(27)25-18-10-8-11-24-14-18)17-12-20(28-3)22(30-5)21(13-17)29-4/h8,10-15H,6-7,9H2,1-5H3. The molecule has 2 heterocycles. The van der Waals surface area contributed by atoms with Crippen LogP contribution in [0.2, 0.25) is 0 Å². The van der Waals surface area contributed by atoms with Gasteiger partial charge in [-0.25, -0.2) is 9.67 Å². The smallest absolute Gasteiger partial charge is 0.211 e. The molecule has 0 aliphatic carbocycles. The fourth-order valence-corrected chi connectivity index (χ4v) is 3.93. The predicted molar refractivity (Wildman–Crippen MR) is 125 cm³/mol. The van der Waals surface area contributed by atoms with Crippen molar-refractivity contribution in [2.45, 2.75) is 33.1 Å². The van der Waals surface area contributed by atoms with Crippen LogP contribution < -0.4 is 19.0 Å². The van der Waals surface area contributed by atoms with E-state index in [1.165, 1.54) is 11.3 Å².